The number of nitrogens with zero attached hydrogens (tertiary/aromatic N) is 3. The maximum absolute atomic E-state index is 12.0. The van der Waals surface area contributed by atoms with E-state index in [1.807, 2.05) is 6.92 Å². The predicted octanol–water partition coefficient (Wildman–Crippen LogP) is 0.953. The predicted molar refractivity (Wildman–Crippen MR) is 62.7 cm³/mol. The SMILES string of the molecule is CCCN(CC(=O)OCC)C(=O)c1csnn1. The van der Waals surface area contributed by atoms with E-state index < -0.39 is 5.97 Å². The first kappa shape index (κ1) is 13.6. The van der Waals surface area contributed by atoms with Crippen molar-refractivity contribution in [2.45, 2.75) is 20.3 Å². The Balaban J connectivity index is 2.65. The van der Waals surface area contributed by atoms with Crippen LogP contribution in [0.4, 0.5) is 0 Å². The summed E-state index contributed by atoms with van der Waals surface area (Å²) in [6.07, 6.45) is 0.767. The van der Waals surface area contributed by atoms with Crippen LogP contribution in [-0.2, 0) is 9.53 Å². The van der Waals surface area contributed by atoms with E-state index >= 15 is 0 Å². The fourth-order valence-corrected chi connectivity index (χ4v) is 1.73. The maximum Gasteiger partial charge on any atom is 0.325 e. The van der Waals surface area contributed by atoms with Crippen LogP contribution < -0.4 is 0 Å². The van der Waals surface area contributed by atoms with E-state index in [1.165, 1.54) is 4.90 Å². The smallest absolute Gasteiger partial charge is 0.325 e. The number of esters is 1. The molecule has 0 radical (unpaired) electrons. The zero-order valence-electron chi connectivity index (χ0n) is 9.88. The molecule has 7 heteroatoms. The minimum Gasteiger partial charge on any atom is -0.465 e. The number of carbonyl (C=O) groups is 2. The Morgan fingerprint density at radius 3 is 2.76 bits per heavy atom. The summed E-state index contributed by atoms with van der Waals surface area (Å²) in [5, 5.41) is 5.26. The molecule has 0 fully saturated rings. The average molecular weight is 257 g/mol. The molecule has 6 nitrogen and oxygen atoms in total. The number of amides is 1. The molecule has 0 aliphatic heterocycles. The van der Waals surface area contributed by atoms with E-state index in [0.717, 1.165) is 18.0 Å². The Kier molecular flexibility index (Phi) is 5.55. The van der Waals surface area contributed by atoms with Gasteiger partial charge in [0.1, 0.15) is 6.54 Å². The van der Waals surface area contributed by atoms with Crippen LogP contribution in [0.25, 0.3) is 0 Å². The van der Waals surface area contributed by atoms with Crippen molar-refractivity contribution in [1.29, 1.82) is 0 Å². The maximum atomic E-state index is 12.0. The number of rotatable bonds is 6. The summed E-state index contributed by atoms with van der Waals surface area (Å²) < 4.78 is 8.45. The van der Waals surface area contributed by atoms with Crippen molar-refractivity contribution >= 4 is 23.4 Å². The van der Waals surface area contributed by atoms with Crippen molar-refractivity contribution in [2.75, 3.05) is 19.7 Å². The molecule has 0 atom stereocenters. The van der Waals surface area contributed by atoms with E-state index in [-0.39, 0.29) is 18.1 Å². The summed E-state index contributed by atoms with van der Waals surface area (Å²) in [5.74, 6) is -0.689. The Morgan fingerprint density at radius 2 is 2.24 bits per heavy atom. The van der Waals surface area contributed by atoms with Gasteiger partial charge in [0.05, 0.1) is 6.61 Å². The quantitative estimate of drug-likeness (QED) is 0.709. The van der Waals surface area contributed by atoms with Gasteiger partial charge in [-0.25, -0.2) is 0 Å². The molecule has 0 N–H and O–H groups in total. The van der Waals surface area contributed by atoms with Crippen LogP contribution in [0.1, 0.15) is 30.8 Å². The molecular weight excluding hydrogens is 242 g/mol. The first-order chi connectivity index (χ1) is 8.19. The van der Waals surface area contributed by atoms with Crippen LogP contribution in [0.2, 0.25) is 0 Å². The molecule has 1 aromatic heterocycles. The van der Waals surface area contributed by atoms with Gasteiger partial charge in [0, 0.05) is 11.9 Å². The number of hydrogen-bond donors (Lipinski definition) is 0. The average Bonchev–Trinajstić information content (AvgIpc) is 2.81. The van der Waals surface area contributed by atoms with E-state index in [1.54, 1.807) is 12.3 Å². The molecule has 94 valence electrons. The molecule has 0 unspecified atom stereocenters. The Hall–Kier alpha value is -1.50. The largest absolute Gasteiger partial charge is 0.465 e. The van der Waals surface area contributed by atoms with Crippen LogP contribution in [-0.4, -0.2) is 46.1 Å². The van der Waals surface area contributed by atoms with Crippen molar-refractivity contribution in [2.24, 2.45) is 0 Å². The lowest BCUT2D eigenvalue weighted by molar-refractivity contribution is -0.143. The van der Waals surface area contributed by atoms with Gasteiger partial charge in [0.2, 0.25) is 0 Å². The highest BCUT2D eigenvalue weighted by atomic mass is 32.1. The van der Waals surface area contributed by atoms with E-state index in [0.29, 0.717) is 13.2 Å². The topological polar surface area (TPSA) is 72.4 Å². The van der Waals surface area contributed by atoms with Crippen LogP contribution in [0.15, 0.2) is 5.38 Å². The van der Waals surface area contributed by atoms with Gasteiger partial charge in [-0.05, 0) is 24.9 Å². The van der Waals surface area contributed by atoms with Crippen molar-refractivity contribution in [3.63, 3.8) is 0 Å². The van der Waals surface area contributed by atoms with Gasteiger partial charge < -0.3 is 9.64 Å². The van der Waals surface area contributed by atoms with E-state index in [2.05, 4.69) is 9.59 Å². The summed E-state index contributed by atoms with van der Waals surface area (Å²) in [7, 11) is 0. The van der Waals surface area contributed by atoms with Crippen molar-refractivity contribution in [3.05, 3.63) is 11.1 Å². The lowest BCUT2D eigenvalue weighted by atomic mass is 10.3. The molecule has 1 heterocycles. The van der Waals surface area contributed by atoms with Crippen LogP contribution in [0.5, 0.6) is 0 Å². The van der Waals surface area contributed by atoms with Crippen LogP contribution in [0.3, 0.4) is 0 Å². The summed E-state index contributed by atoms with van der Waals surface area (Å²) in [6, 6.07) is 0. The van der Waals surface area contributed by atoms with Crippen molar-refractivity contribution in [1.82, 2.24) is 14.5 Å². The number of hydrogen-bond acceptors (Lipinski definition) is 6. The van der Waals surface area contributed by atoms with E-state index in [9.17, 15) is 9.59 Å². The fraction of sp³-hybridized carbons (Fsp3) is 0.600. The molecule has 0 aromatic carbocycles. The second-order valence-electron chi connectivity index (χ2n) is 3.32. The van der Waals surface area contributed by atoms with Gasteiger partial charge in [-0.2, -0.15) is 0 Å². The van der Waals surface area contributed by atoms with Crippen LogP contribution >= 0.6 is 11.5 Å². The lowest BCUT2D eigenvalue weighted by Crippen LogP contribution is -2.37. The van der Waals surface area contributed by atoms with Crippen molar-refractivity contribution < 1.29 is 14.3 Å². The molecule has 0 saturated heterocycles. The van der Waals surface area contributed by atoms with Crippen LogP contribution in [0, 0.1) is 0 Å². The highest BCUT2D eigenvalue weighted by Gasteiger charge is 2.20. The third-order valence-electron chi connectivity index (χ3n) is 1.99. The molecule has 1 amide bonds. The molecule has 0 saturated carbocycles. The summed E-state index contributed by atoms with van der Waals surface area (Å²) >= 11 is 1.11. The third-order valence-corrected chi connectivity index (χ3v) is 2.49. The lowest BCUT2D eigenvalue weighted by Gasteiger charge is -2.19. The van der Waals surface area contributed by atoms with Crippen molar-refractivity contribution in [3.8, 4) is 0 Å². The number of ether oxygens (including phenoxy) is 1. The zero-order valence-corrected chi connectivity index (χ0v) is 10.7. The number of carbonyl (C=O) groups excluding carboxylic acids is 2. The van der Waals surface area contributed by atoms with Gasteiger partial charge in [0.15, 0.2) is 5.69 Å². The van der Waals surface area contributed by atoms with Gasteiger partial charge in [0.25, 0.3) is 5.91 Å². The first-order valence-electron chi connectivity index (χ1n) is 5.41. The standard InChI is InChI=1S/C10H15N3O3S/c1-3-5-13(6-9(14)16-4-2)10(15)8-7-17-12-11-8/h7H,3-6H2,1-2H3. The highest BCUT2D eigenvalue weighted by Crippen LogP contribution is 2.04. The minimum absolute atomic E-state index is 0.0436. The van der Waals surface area contributed by atoms with Gasteiger partial charge in [-0.1, -0.05) is 11.4 Å². The summed E-state index contributed by atoms with van der Waals surface area (Å²) in [4.78, 5) is 24.7. The molecule has 0 aliphatic carbocycles. The van der Waals surface area contributed by atoms with Gasteiger partial charge in [-0.15, -0.1) is 5.10 Å². The zero-order chi connectivity index (χ0) is 12.7. The third kappa shape index (κ3) is 4.10. The molecule has 1 aromatic rings. The highest BCUT2D eigenvalue weighted by molar-refractivity contribution is 7.03. The minimum atomic E-state index is -0.405. The van der Waals surface area contributed by atoms with Gasteiger partial charge in [-0.3, -0.25) is 9.59 Å². The molecule has 0 spiro atoms. The molecule has 0 aliphatic rings. The molecule has 0 bridgehead atoms. The first-order valence-corrected chi connectivity index (χ1v) is 6.24. The van der Waals surface area contributed by atoms with E-state index in [4.69, 9.17) is 4.74 Å². The Bertz CT molecular complexity index is 367. The molecular formula is C10H15N3O3S. The normalized spacial score (nSPS) is 10.0. The molecule has 17 heavy (non-hydrogen) atoms. The second kappa shape index (κ2) is 6.95. The summed E-state index contributed by atoms with van der Waals surface area (Å²) in [5.41, 5.74) is 0.271. The Labute approximate surface area is 104 Å². The van der Waals surface area contributed by atoms with Gasteiger partial charge >= 0.3 is 5.97 Å². The Morgan fingerprint density at radius 1 is 1.47 bits per heavy atom. The monoisotopic (exact) mass is 257 g/mol. The fourth-order valence-electron chi connectivity index (χ4n) is 1.30. The number of aromatic nitrogens is 2. The second-order valence-corrected chi connectivity index (χ2v) is 3.93. The summed E-state index contributed by atoms with van der Waals surface area (Å²) in [6.45, 7) is 4.43. The molecule has 1 rings (SSSR count).